The number of pyridine rings is 2. The van der Waals surface area contributed by atoms with Crippen LogP contribution in [-0.2, 0) is 0 Å². The highest BCUT2D eigenvalue weighted by molar-refractivity contribution is 6.34. The van der Waals surface area contributed by atoms with Crippen LogP contribution in [0.2, 0.25) is 10.0 Å². The van der Waals surface area contributed by atoms with E-state index in [1.165, 1.54) is 18.3 Å². The number of aromatic nitrogens is 3. The minimum Gasteiger partial charge on any atom is -0.476 e. The highest BCUT2D eigenvalue weighted by Gasteiger charge is 2.33. The van der Waals surface area contributed by atoms with Crippen LogP contribution < -0.4 is 4.90 Å². The van der Waals surface area contributed by atoms with Gasteiger partial charge in [-0.3, -0.25) is 4.79 Å². The number of aromatic amines is 1. The number of nitrogens with zero attached hydrogens (tertiary/aromatic N) is 3. The van der Waals surface area contributed by atoms with Gasteiger partial charge in [0.15, 0.2) is 11.5 Å². The predicted octanol–water partition coefficient (Wildman–Crippen LogP) is 4.59. The summed E-state index contributed by atoms with van der Waals surface area (Å²) >= 11 is 12.2. The molecule has 30 heavy (non-hydrogen) atoms. The number of Topliss-reactive ketones (excluding diaryl/α,β-unsaturated/α-hetero) is 1. The number of piperidine rings is 1. The molecule has 10 heteroatoms. The number of nitrogens with one attached hydrogen (secondary N) is 1. The quantitative estimate of drug-likeness (QED) is 0.563. The zero-order valence-corrected chi connectivity index (χ0v) is 17.3. The largest absolute Gasteiger partial charge is 0.476 e. The Morgan fingerprint density at radius 3 is 2.73 bits per heavy atom. The lowest BCUT2D eigenvalue weighted by atomic mass is 9.85. The molecule has 3 aromatic heterocycles. The Kier molecular flexibility index (Phi) is 5.38. The molecule has 0 unspecified atom stereocenters. The lowest BCUT2D eigenvalue weighted by Crippen LogP contribution is -2.43. The van der Waals surface area contributed by atoms with Crippen LogP contribution in [0.25, 0.3) is 11.0 Å². The molecule has 7 nitrogen and oxygen atoms in total. The number of carbonyl (C=O) groups is 2. The second-order valence-electron chi connectivity index (χ2n) is 7.31. The van der Waals surface area contributed by atoms with Gasteiger partial charge in [0, 0.05) is 35.7 Å². The number of aromatic carboxylic acids is 1. The number of hydrogen-bond acceptors (Lipinski definition) is 5. The molecule has 4 rings (SSSR count). The number of rotatable bonds is 4. The Balaban J connectivity index is 1.57. The number of anilines is 1. The molecule has 0 amide bonds. The van der Waals surface area contributed by atoms with Gasteiger partial charge in [-0.25, -0.2) is 19.2 Å². The van der Waals surface area contributed by atoms with Gasteiger partial charge in [-0.2, -0.15) is 0 Å². The van der Waals surface area contributed by atoms with E-state index in [-0.39, 0.29) is 33.5 Å². The van der Waals surface area contributed by atoms with Crippen LogP contribution in [0.1, 0.15) is 40.6 Å². The van der Waals surface area contributed by atoms with Gasteiger partial charge in [0.25, 0.3) is 0 Å². The topological polar surface area (TPSA) is 99.2 Å². The van der Waals surface area contributed by atoms with E-state index in [4.69, 9.17) is 28.3 Å². The third-order valence-electron chi connectivity index (χ3n) is 5.39. The Hall–Kier alpha value is -2.71. The molecule has 2 N–H and O–H groups in total. The van der Waals surface area contributed by atoms with Gasteiger partial charge in [0.2, 0.25) is 0 Å². The van der Waals surface area contributed by atoms with Crippen LogP contribution in [0.5, 0.6) is 0 Å². The summed E-state index contributed by atoms with van der Waals surface area (Å²) in [5, 5.41) is 9.86. The Labute approximate surface area is 180 Å². The lowest BCUT2D eigenvalue weighted by Gasteiger charge is -2.38. The second kappa shape index (κ2) is 7.85. The van der Waals surface area contributed by atoms with Crippen molar-refractivity contribution in [1.29, 1.82) is 0 Å². The molecule has 0 spiro atoms. The van der Waals surface area contributed by atoms with Crippen molar-refractivity contribution in [1.82, 2.24) is 15.0 Å². The van der Waals surface area contributed by atoms with Crippen molar-refractivity contribution in [3.8, 4) is 0 Å². The van der Waals surface area contributed by atoms with Crippen molar-refractivity contribution in [3.63, 3.8) is 0 Å². The molecule has 156 valence electrons. The van der Waals surface area contributed by atoms with E-state index >= 15 is 0 Å². The number of fused-ring (bicyclic) bond motifs is 1. The summed E-state index contributed by atoms with van der Waals surface area (Å²) in [6.07, 6.45) is 3.80. The molecular formula is C20H17Cl2FN4O3. The van der Waals surface area contributed by atoms with Crippen molar-refractivity contribution < 1.29 is 19.1 Å². The van der Waals surface area contributed by atoms with Crippen LogP contribution in [0.4, 0.5) is 10.2 Å². The summed E-state index contributed by atoms with van der Waals surface area (Å²) in [4.78, 5) is 37.3. The first-order valence-electron chi connectivity index (χ1n) is 9.29. The van der Waals surface area contributed by atoms with Crippen molar-refractivity contribution >= 4 is 51.8 Å². The van der Waals surface area contributed by atoms with Crippen LogP contribution in [0, 0.1) is 11.7 Å². The number of ketones is 1. The van der Waals surface area contributed by atoms with E-state index in [0.29, 0.717) is 41.8 Å². The lowest BCUT2D eigenvalue weighted by molar-refractivity contribution is 0.0691. The number of hydrogen-bond donors (Lipinski definition) is 2. The first-order valence-corrected chi connectivity index (χ1v) is 10.0. The van der Waals surface area contributed by atoms with Crippen LogP contribution in [0.3, 0.4) is 0 Å². The Bertz CT molecular complexity index is 1170. The Morgan fingerprint density at radius 1 is 1.30 bits per heavy atom. The molecule has 0 aliphatic carbocycles. The van der Waals surface area contributed by atoms with Crippen molar-refractivity contribution in [2.24, 2.45) is 5.92 Å². The van der Waals surface area contributed by atoms with Crippen molar-refractivity contribution in [3.05, 3.63) is 51.6 Å². The summed E-state index contributed by atoms with van der Waals surface area (Å²) < 4.78 is 13.3. The zero-order valence-electron chi connectivity index (χ0n) is 15.8. The molecule has 0 radical (unpaired) electrons. The number of H-pyrrole nitrogens is 1. The van der Waals surface area contributed by atoms with E-state index in [1.807, 2.05) is 11.8 Å². The van der Waals surface area contributed by atoms with E-state index in [2.05, 4.69) is 15.0 Å². The molecule has 1 fully saturated rings. The highest BCUT2D eigenvalue weighted by atomic mass is 35.5. The molecule has 1 saturated heterocycles. The van der Waals surface area contributed by atoms with Gasteiger partial charge in [0.05, 0.1) is 16.2 Å². The molecule has 3 aromatic rings. The summed E-state index contributed by atoms with van der Waals surface area (Å²) in [6.45, 7) is 2.51. The molecule has 1 aliphatic heterocycles. The zero-order chi connectivity index (χ0) is 21.6. The number of carboxylic acids is 1. The summed E-state index contributed by atoms with van der Waals surface area (Å²) in [5.41, 5.74) is 0.462. The van der Waals surface area contributed by atoms with Gasteiger partial charge in [0.1, 0.15) is 17.3 Å². The standard InChI is InChI=1S/C20H17Cl2FN4O3/c1-9-4-10(2-3-27(9)19-15(22)5-11(23)7-25-19)17(28)13-8-24-18-12(13)6-14(21)16(26-18)20(29)30/h5-10H,2-4H2,1H3,(H,24,26)(H,29,30)/t9-,10-/m1/s1. The van der Waals surface area contributed by atoms with Gasteiger partial charge in [-0.1, -0.05) is 23.2 Å². The fourth-order valence-electron chi connectivity index (χ4n) is 3.94. The van der Waals surface area contributed by atoms with Gasteiger partial charge < -0.3 is 15.0 Å². The first kappa shape index (κ1) is 20.6. The number of halogens is 3. The maximum Gasteiger partial charge on any atom is 0.356 e. The SMILES string of the molecule is C[C@@H]1C[C@H](C(=O)c2c[nH]c3nc(C(=O)O)c(Cl)cc23)CCN1c1ncc(F)cc1Cl. The molecule has 0 bridgehead atoms. The third kappa shape index (κ3) is 3.61. The van der Waals surface area contributed by atoms with E-state index in [1.54, 1.807) is 0 Å². The van der Waals surface area contributed by atoms with Crippen molar-refractivity contribution in [2.45, 2.75) is 25.8 Å². The van der Waals surface area contributed by atoms with Gasteiger partial charge in [-0.15, -0.1) is 0 Å². The van der Waals surface area contributed by atoms with E-state index in [9.17, 15) is 14.0 Å². The fraction of sp³-hybridized carbons (Fsp3) is 0.300. The molecule has 4 heterocycles. The van der Waals surface area contributed by atoms with Crippen LogP contribution in [0.15, 0.2) is 24.5 Å². The summed E-state index contributed by atoms with van der Waals surface area (Å²) in [6, 6.07) is 2.65. The molecule has 0 aromatic carbocycles. The monoisotopic (exact) mass is 450 g/mol. The molecule has 0 saturated carbocycles. The summed E-state index contributed by atoms with van der Waals surface area (Å²) in [7, 11) is 0. The second-order valence-corrected chi connectivity index (χ2v) is 8.12. The third-order valence-corrected chi connectivity index (χ3v) is 5.96. The average molecular weight is 451 g/mol. The molecule has 1 aliphatic rings. The predicted molar refractivity (Wildman–Crippen MR) is 111 cm³/mol. The fourth-order valence-corrected chi connectivity index (χ4v) is 4.43. The van der Waals surface area contributed by atoms with E-state index < -0.39 is 11.8 Å². The van der Waals surface area contributed by atoms with Gasteiger partial charge >= 0.3 is 5.97 Å². The number of carboxylic acid groups (broad SMARTS) is 1. The van der Waals surface area contributed by atoms with Gasteiger partial charge in [-0.05, 0) is 31.9 Å². The summed E-state index contributed by atoms with van der Waals surface area (Å²) in [5.74, 6) is -1.54. The molecule has 2 atom stereocenters. The van der Waals surface area contributed by atoms with Crippen molar-refractivity contribution in [2.75, 3.05) is 11.4 Å². The maximum absolute atomic E-state index is 13.3. The minimum absolute atomic E-state index is 0.0242. The van der Waals surface area contributed by atoms with Crippen LogP contribution >= 0.6 is 23.2 Å². The number of carbonyl (C=O) groups excluding carboxylic acids is 1. The van der Waals surface area contributed by atoms with Crippen LogP contribution in [-0.4, -0.2) is 44.4 Å². The Morgan fingerprint density at radius 2 is 2.07 bits per heavy atom. The average Bonchev–Trinajstić information content (AvgIpc) is 3.09. The smallest absolute Gasteiger partial charge is 0.356 e. The van der Waals surface area contributed by atoms with E-state index in [0.717, 1.165) is 6.20 Å². The minimum atomic E-state index is -1.24. The highest BCUT2D eigenvalue weighted by Crippen LogP contribution is 2.34. The maximum atomic E-state index is 13.3. The molecular weight excluding hydrogens is 434 g/mol. The normalized spacial score (nSPS) is 19.3. The first-order chi connectivity index (χ1) is 14.3.